The molecule has 2 N–H and O–H groups in total. The molecule has 0 aromatic heterocycles. The van der Waals surface area contributed by atoms with Crippen molar-refractivity contribution < 1.29 is 19.4 Å². The molecule has 0 aromatic carbocycles. The summed E-state index contributed by atoms with van der Waals surface area (Å²) in [7, 11) is 0. The van der Waals surface area contributed by atoms with E-state index >= 15 is 0 Å². The Kier molecular flexibility index (Phi) is 5.21. The van der Waals surface area contributed by atoms with Gasteiger partial charge in [-0.2, -0.15) is 0 Å². The summed E-state index contributed by atoms with van der Waals surface area (Å²) in [6.45, 7) is 5.04. The van der Waals surface area contributed by atoms with E-state index in [1.165, 1.54) is 0 Å². The molecule has 1 fully saturated rings. The van der Waals surface area contributed by atoms with Crippen molar-refractivity contribution >= 4 is 11.9 Å². The van der Waals surface area contributed by atoms with Gasteiger partial charge in [-0.1, -0.05) is 6.92 Å². The molecular weight excluding hydrogens is 212 g/mol. The topological polar surface area (TPSA) is 78.9 Å². The Morgan fingerprint density at radius 2 is 2.31 bits per heavy atom. The number of carbonyl (C=O) groups excluding carboxylic acids is 1. The maximum atomic E-state index is 11.6. The zero-order chi connectivity index (χ0) is 12.0. The minimum Gasteiger partial charge on any atom is -0.481 e. The molecule has 92 valence electrons. The lowest BCUT2D eigenvalue weighted by molar-refractivity contribution is -0.139. The predicted octanol–water partition coefficient (Wildman–Crippen LogP) is -0.702. The van der Waals surface area contributed by atoms with Crippen molar-refractivity contribution in [1.29, 1.82) is 0 Å². The largest absolute Gasteiger partial charge is 0.481 e. The Morgan fingerprint density at radius 1 is 1.56 bits per heavy atom. The van der Waals surface area contributed by atoms with Crippen LogP contribution in [0, 0.1) is 0 Å². The van der Waals surface area contributed by atoms with Crippen molar-refractivity contribution in [3.63, 3.8) is 0 Å². The number of ether oxygens (including phenoxy) is 1. The van der Waals surface area contributed by atoms with Gasteiger partial charge in [-0.3, -0.25) is 14.5 Å². The van der Waals surface area contributed by atoms with E-state index < -0.39 is 12.1 Å². The van der Waals surface area contributed by atoms with Crippen molar-refractivity contribution in [1.82, 2.24) is 10.2 Å². The molecule has 1 unspecified atom stereocenters. The van der Waals surface area contributed by atoms with Crippen LogP contribution in [0.3, 0.4) is 0 Å². The third kappa shape index (κ3) is 4.16. The van der Waals surface area contributed by atoms with Gasteiger partial charge in [-0.15, -0.1) is 0 Å². The van der Waals surface area contributed by atoms with E-state index in [2.05, 4.69) is 10.2 Å². The van der Waals surface area contributed by atoms with Gasteiger partial charge in [-0.05, 0) is 6.54 Å². The summed E-state index contributed by atoms with van der Waals surface area (Å²) in [5.41, 5.74) is 0. The lowest BCUT2D eigenvalue weighted by Gasteiger charge is -2.31. The van der Waals surface area contributed by atoms with Crippen LogP contribution in [0.1, 0.15) is 13.3 Å². The van der Waals surface area contributed by atoms with E-state index in [9.17, 15) is 9.59 Å². The van der Waals surface area contributed by atoms with E-state index in [0.29, 0.717) is 13.2 Å². The minimum absolute atomic E-state index is 0.0596. The van der Waals surface area contributed by atoms with Crippen LogP contribution < -0.4 is 5.32 Å². The van der Waals surface area contributed by atoms with E-state index in [0.717, 1.165) is 13.1 Å². The third-order valence-electron chi connectivity index (χ3n) is 2.53. The van der Waals surface area contributed by atoms with Crippen molar-refractivity contribution in [3.8, 4) is 0 Å². The van der Waals surface area contributed by atoms with E-state index in [1.807, 2.05) is 6.92 Å². The molecule has 6 nitrogen and oxygen atoms in total. The minimum atomic E-state index is -0.917. The highest BCUT2D eigenvalue weighted by Crippen LogP contribution is 2.04. The molecule has 1 aliphatic heterocycles. The van der Waals surface area contributed by atoms with Crippen molar-refractivity contribution in [2.24, 2.45) is 0 Å². The molecule has 16 heavy (non-hydrogen) atoms. The first-order chi connectivity index (χ1) is 7.63. The summed E-state index contributed by atoms with van der Waals surface area (Å²) in [5.74, 6) is -1.14. The number of carbonyl (C=O) groups is 2. The molecule has 0 aliphatic carbocycles. The van der Waals surface area contributed by atoms with Crippen LogP contribution in [-0.4, -0.2) is 60.8 Å². The van der Waals surface area contributed by atoms with E-state index in [-0.39, 0.29) is 18.9 Å². The van der Waals surface area contributed by atoms with Crippen LogP contribution in [-0.2, 0) is 14.3 Å². The number of nitrogens with one attached hydrogen (secondary N) is 1. The Morgan fingerprint density at radius 3 is 2.94 bits per heavy atom. The fourth-order valence-electron chi connectivity index (χ4n) is 1.55. The summed E-state index contributed by atoms with van der Waals surface area (Å²) in [6, 6.07) is 0. The van der Waals surface area contributed by atoms with E-state index in [4.69, 9.17) is 9.84 Å². The third-order valence-corrected chi connectivity index (χ3v) is 2.53. The summed E-state index contributed by atoms with van der Waals surface area (Å²) in [5, 5.41) is 11.0. The highest BCUT2D eigenvalue weighted by Gasteiger charge is 2.25. The average Bonchev–Trinajstić information content (AvgIpc) is 2.28. The molecule has 1 amide bonds. The number of aliphatic carboxylic acids is 1. The molecule has 0 saturated carbocycles. The number of hydrogen-bond donors (Lipinski definition) is 2. The Hall–Kier alpha value is -1.14. The number of carboxylic acids is 1. The van der Waals surface area contributed by atoms with Gasteiger partial charge in [0.1, 0.15) is 6.10 Å². The molecule has 1 rings (SSSR count). The summed E-state index contributed by atoms with van der Waals surface area (Å²) in [6.07, 6.45) is -0.529. The van der Waals surface area contributed by atoms with Crippen LogP contribution in [0.5, 0.6) is 0 Å². The smallest absolute Gasteiger partial charge is 0.305 e. The molecular formula is C10H18N2O4. The van der Waals surface area contributed by atoms with Gasteiger partial charge >= 0.3 is 5.97 Å². The Bertz CT molecular complexity index is 257. The zero-order valence-corrected chi connectivity index (χ0v) is 9.44. The van der Waals surface area contributed by atoms with Gasteiger partial charge in [0.25, 0.3) is 0 Å². The first kappa shape index (κ1) is 12.9. The quantitative estimate of drug-likeness (QED) is 0.653. The van der Waals surface area contributed by atoms with Crippen molar-refractivity contribution in [2.45, 2.75) is 19.4 Å². The van der Waals surface area contributed by atoms with Crippen LogP contribution in [0.4, 0.5) is 0 Å². The first-order valence-electron chi connectivity index (χ1n) is 5.47. The van der Waals surface area contributed by atoms with Gasteiger partial charge in [0.15, 0.2) is 0 Å². The standard InChI is InChI=1S/C10H18N2O4/c1-2-12-5-6-16-8(7-12)10(15)11-4-3-9(13)14/h8H,2-7H2,1H3,(H,11,15)(H,13,14). The SMILES string of the molecule is CCN1CCOC(C(=O)NCCC(=O)O)C1. The second-order valence-electron chi connectivity index (χ2n) is 3.69. The maximum absolute atomic E-state index is 11.6. The molecule has 1 heterocycles. The monoisotopic (exact) mass is 230 g/mol. The van der Waals surface area contributed by atoms with Gasteiger partial charge < -0.3 is 15.2 Å². The molecule has 0 bridgehead atoms. The van der Waals surface area contributed by atoms with Crippen LogP contribution in [0.2, 0.25) is 0 Å². The number of likely N-dealkylation sites (N-methyl/N-ethyl adjacent to an activating group) is 1. The van der Waals surface area contributed by atoms with Gasteiger partial charge in [0.2, 0.25) is 5.91 Å². The number of carboxylic acid groups (broad SMARTS) is 1. The van der Waals surface area contributed by atoms with Gasteiger partial charge in [0, 0.05) is 19.6 Å². The molecule has 0 spiro atoms. The fraction of sp³-hybridized carbons (Fsp3) is 0.800. The molecule has 1 saturated heterocycles. The summed E-state index contributed by atoms with van der Waals surface area (Å²) >= 11 is 0. The molecule has 1 atom stereocenters. The maximum Gasteiger partial charge on any atom is 0.305 e. The van der Waals surface area contributed by atoms with Crippen molar-refractivity contribution in [3.05, 3.63) is 0 Å². The lowest BCUT2D eigenvalue weighted by atomic mass is 10.2. The fourth-order valence-corrected chi connectivity index (χ4v) is 1.55. The number of nitrogens with zero attached hydrogens (tertiary/aromatic N) is 1. The molecule has 0 radical (unpaired) electrons. The second-order valence-corrected chi connectivity index (χ2v) is 3.69. The highest BCUT2D eigenvalue weighted by molar-refractivity contribution is 5.81. The van der Waals surface area contributed by atoms with Crippen LogP contribution >= 0.6 is 0 Å². The van der Waals surface area contributed by atoms with Crippen LogP contribution in [0.15, 0.2) is 0 Å². The second kappa shape index (κ2) is 6.44. The molecule has 6 heteroatoms. The number of hydrogen-bond acceptors (Lipinski definition) is 4. The molecule has 0 aromatic rings. The predicted molar refractivity (Wildman–Crippen MR) is 57.1 cm³/mol. The summed E-state index contributed by atoms with van der Waals surface area (Å²) < 4.78 is 5.33. The number of amides is 1. The van der Waals surface area contributed by atoms with E-state index in [1.54, 1.807) is 0 Å². The highest BCUT2D eigenvalue weighted by atomic mass is 16.5. The van der Waals surface area contributed by atoms with Gasteiger partial charge in [-0.25, -0.2) is 0 Å². The molecule has 1 aliphatic rings. The first-order valence-corrected chi connectivity index (χ1v) is 5.47. The summed E-state index contributed by atoms with van der Waals surface area (Å²) in [4.78, 5) is 24.0. The Labute approximate surface area is 94.6 Å². The zero-order valence-electron chi connectivity index (χ0n) is 9.44. The number of rotatable bonds is 5. The average molecular weight is 230 g/mol. The van der Waals surface area contributed by atoms with Crippen molar-refractivity contribution in [2.75, 3.05) is 32.8 Å². The lowest BCUT2D eigenvalue weighted by Crippen LogP contribution is -2.49. The normalized spacial score (nSPS) is 21.7. The van der Waals surface area contributed by atoms with Crippen LogP contribution in [0.25, 0.3) is 0 Å². The number of morpholine rings is 1. The Balaban J connectivity index is 2.27. The van der Waals surface area contributed by atoms with Gasteiger partial charge in [0.05, 0.1) is 13.0 Å².